The molecule has 0 aromatic heterocycles. The zero-order valence-electron chi connectivity index (χ0n) is 19.5. The Morgan fingerprint density at radius 2 is 1.75 bits per heavy atom. The predicted octanol–water partition coefficient (Wildman–Crippen LogP) is 3.64. The fourth-order valence-corrected chi connectivity index (χ4v) is 5.57. The largest absolute Gasteiger partial charge is 0.377 e. The first kappa shape index (κ1) is 23.2. The van der Waals surface area contributed by atoms with Crippen LogP contribution in [-0.4, -0.2) is 66.6 Å². The summed E-state index contributed by atoms with van der Waals surface area (Å²) in [5.74, 6) is 1.11. The van der Waals surface area contributed by atoms with Gasteiger partial charge in [-0.3, -0.25) is 9.59 Å². The van der Waals surface area contributed by atoms with E-state index in [-0.39, 0.29) is 23.3 Å². The molecule has 1 unspecified atom stereocenters. The molecule has 1 atom stereocenters. The highest BCUT2D eigenvalue weighted by molar-refractivity contribution is 5.80. The summed E-state index contributed by atoms with van der Waals surface area (Å²) in [6.45, 7) is 6.91. The van der Waals surface area contributed by atoms with Crippen molar-refractivity contribution in [3.05, 3.63) is 35.9 Å². The van der Waals surface area contributed by atoms with Gasteiger partial charge in [-0.15, -0.1) is 0 Å². The van der Waals surface area contributed by atoms with Gasteiger partial charge in [0.15, 0.2) is 0 Å². The fourth-order valence-electron chi connectivity index (χ4n) is 5.57. The second-order valence-corrected chi connectivity index (χ2v) is 9.82. The van der Waals surface area contributed by atoms with E-state index in [1.165, 1.54) is 5.56 Å². The molecule has 0 N–H and O–H groups in total. The van der Waals surface area contributed by atoms with Crippen LogP contribution in [0.4, 0.5) is 0 Å². The molecular formula is C26H38N2O4. The van der Waals surface area contributed by atoms with Crippen molar-refractivity contribution in [1.82, 2.24) is 9.80 Å². The molecule has 3 aliphatic heterocycles. The van der Waals surface area contributed by atoms with Crippen molar-refractivity contribution < 1.29 is 19.1 Å². The lowest BCUT2D eigenvalue weighted by Crippen LogP contribution is -2.52. The molecule has 0 aliphatic carbocycles. The topological polar surface area (TPSA) is 59.1 Å². The number of hydrogen-bond acceptors (Lipinski definition) is 4. The van der Waals surface area contributed by atoms with Crippen molar-refractivity contribution in [3.63, 3.8) is 0 Å². The molecule has 0 radical (unpaired) electrons. The first-order valence-corrected chi connectivity index (χ1v) is 12.3. The minimum Gasteiger partial charge on any atom is -0.377 e. The van der Waals surface area contributed by atoms with Crippen molar-refractivity contribution in [3.8, 4) is 0 Å². The molecule has 32 heavy (non-hydrogen) atoms. The van der Waals surface area contributed by atoms with Crippen molar-refractivity contribution in [2.24, 2.45) is 11.8 Å². The molecule has 176 valence electrons. The van der Waals surface area contributed by atoms with Crippen LogP contribution >= 0.6 is 0 Å². The summed E-state index contributed by atoms with van der Waals surface area (Å²) in [5.41, 5.74) is 1.16. The lowest BCUT2D eigenvalue weighted by Gasteiger charge is -2.47. The Labute approximate surface area is 192 Å². The predicted molar refractivity (Wildman–Crippen MR) is 123 cm³/mol. The Bertz CT molecular complexity index is 752. The highest BCUT2D eigenvalue weighted by Gasteiger charge is 2.42. The number of amides is 2. The summed E-state index contributed by atoms with van der Waals surface area (Å²) in [6.07, 6.45) is 6.73. The molecule has 0 bridgehead atoms. The van der Waals surface area contributed by atoms with Gasteiger partial charge in [0.1, 0.15) is 0 Å². The molecular weight excluding hydrogens is 404 g/mol. The lowest BCUT2D eigenvalue weighted by molar-refractivity contribution is -0.153. The summed E-state index contributed by atoms with van der Waals surface area (Å²) in [5, 5.41) is 0. The van der Waals surface area contributed by atoms with Crippen molar-refractivity contribution in [2.45, 2.75) is 64.1 Å². The Morgan fingerprint density at radius 1 is 1.03 bits per heavy atom. The van der Waals surface area contributed by atoms with Crippen molar-refractivity contribution in [2.75, 3.05) is 39.4 Å². The van der Waals surface area contributed by atoms with Crippen LogP contribution in [0.2, 0.25) is 0 Å². The maximum Gasteiger partial charge on any atom is 0.225 e. The maximum absolute atomic E-state index is 13.0. The van der Waals surface area contributed by atoms with Gasteiger partial charge in [-0.1, -0.05) is 30.3 Å². The van der Waals surface area contributed by atoms with E-state index < -0.39 is 0 Å². The van der Waals surface area contributed by atoms with Gasteiger partial charge in [-0.05, 0) is 56.4 Å². The highest BCUT2D eigenvalue weighted by Crippen LogP contribution is 2.39. The van der Waals surface area contributed by atoms with E-state index in [0.29, 0.717) is 25.6 Å². The van der Waals surface area contributed by atoms with Crippen LogP contribution in [0.15, 0.2) is 30.3 Å². The number of likely N-dealkylation sites (tertiary alicyclic amines) is 2. The number of hydrogen-bond donors (Lipinski definition) is 0. The number of benzene rings is 1. The minimum absolute atomic E-state index is 0.0584. The molecule has 1 aromatic carbocycles. The standard InChI is InChI=1S/C26H38N2O4/c1-21(29)27-13-7-24(8-14-27)25(30)28-15-11-26(12-16-28)19-22(10-18-32-26)9-17-31-20-23-5-3-2-4-6-23/h2-6,22,24H,7-20H2,1H3. The second-order valence-electron chi connectivity index (χ2n) is 9.82. The summed E-state index contributed by atoms with van der Waals surface area (Å²) >= 11 is 0. The summed E-state index contributed by atoms with van der Waals surface area (Å²) < 4.78 is 12.2. The van der Waals surface area contributed by atoms with Crippen LogP contribution in [0.5, 0.6) is 0 Å². The van der Waals surface area contributed by atoms with Gasteiger partial charge in [0, 0.05) is 52.2 Å². The van der Waals surface area contributed by atoms with E-state index >= 15 is 0 Å². The third-order valence-electron chi connectivity index (χ3n) is 7.65. The van der Waals surface area contributed by atoms with Crippen LogP contribution in [0.25, 0.3) is 0 Å². The number of ether oxygens (including phenoxy) is 2. The van der Waals surface area contributed by atoms with E-state index in [1.807, 2.05) is 23.1 Å². The van der Waals surface area contributed by atoms with Gasteiger partial charge in [0.25, 0.3) is 0 Å². The zero-order valence-corrected chi connectivity index (χ0v) is 19.5. The highest BCUT2D eigenvalue weighted by atomic mass is 16.5. The maximum atomic E-state index is 13.0. The average molecular weight is 443 g/mol. The van der Waals surface area contributed by atoms with E-state index in [2.05, 4.69) is 17.0 Å². The fraction of sp³-hybridized carbons (Fsp3) is 0.692. The van der Waals surface area contributed by atoms with E-state index in [0.717, 1.165) is 71.2 Å². The van der Waals surface area contributed by atoms with Gasteiger partial charge >= 0.3 is 0 Å². The molecule has 3 saturated heterocycles. The van der Waals surface area contributed by atoms with Crippen LogP contribution in [0, 0.1) is 11.8 Å². The van der Waals surface area contributed by atoms with Crippen molar-refractivity contribution >= 4 is 11.8 Å². The summed E-state index contributed by atoms with van der Waals surface area (Å²) in [7, 11) is 0. The van der Waals surface area contributed by atoms with Crippen LogP contribution in [-0.2, 0) is 25.7 Å². The van der Waals surface area contributed by atoms with E-state index in [4.69, 9.17) is 9.47 Å². The normalized spacial score (nSPS) is 24.0. The SMILES string of the molecule is CC(=O)N1CCC(C(=O)N2CCC3(CC2)CC(CCOCc2ccccc2)CCO3)CC1. The first-order valence-electron chi connectivity index (χ1n) is 12.3. The number of carbonyl (C=O) groups is 2. The monoisotopic (exact) mass is 442 g/mol. The van der Waals surface area contributed by atoms with Crippen LogP contribution in [0.3, 0.4) is 0 Å². The average Bonchev–Trinajstić information content (AvgIpc) is 2.83. The number of carbonyl (C=O) groups excluding carboxylic acids is 2. The van der Waals surface area contributed by atoms with Crippen LogP contribution in [0.1, 0.15) is 57.4 Å². The lowest BCUT2D eigenvalue weighted by atomic mass is 9.78. The molecule has 2 amide bonds. The van der Waals surface area contributed by atoms with E-state index in [9.17, 15) is 9.59 Å². The van der Waals surface area contributed by atoms with Gasteiger partial charge in [0.05, 0.1) is 12.2 Å². The smallest absolute Gasteiger partial charge is 0.225 e. The van der Waals surface area contributed by atoms with Crippen LogP contribution < -0.4 is 0 Å². The van der Waals surface area contributed by atoms with E-state index in [1.54, 1.807) is 6.92 Å². The Kier molecular flexibility index (Phi) is 7.84. The van der Waals surface area contributed by atoms with Crippen molar-refractivity contribution in [1.29, 1.82) is 0 Å². The third kappa shape index (κ3) is 5.90. The zero-order chi connectivity index (χ0) is 22.4. The summed E-state index contributed by atoms with van der Waals surface area (Å²) in [6, 6.07) is 10.3. The van der Waals surface area contributed by atoms with Gasteiger partial charge in [-0.25, -0.2) is 0 Å². The van der Waals surface area contributed by atoms with Gasteiger partial charge in [-0.2, -0.15) is 0 Å². The molecule has 3 aliphatic rings. The van der Waals surface area contributed by atoms with Gasteiger partial charge in [0.2, 0.25) is 11.8 Å². The quantitative estimate of drug-likeness (QED) is 0.631. The second kappa shape index (κ2) is 10.8. The number of nitrogens with zero attached hydrogens (tertiary/aromatic N) is 2. The Morgan fingerprint density at radius 3 is 2.44 bits per heavy atom. The molecule has 6 heteroatoms. The van der Waals surface area contributed by atoms with Gasteiger partial charge < -0.3 is 19.3 Å². The summed E-state index contributed by atoms with van der Waals surface area (Å²) in [4.78, 5) is 28.5. The first-order chi connectivity index (χ1) is 15.5. The molecule has 6 nitrogen and oxygen atoms in total. The Balaban J connectivity index is 1.19. The molecule has 1 aromatic rings. The number of rotatable bonds is 6. The molecule has 1 spiro atoms. The minimum atomic E-state index is -0.0584. The Hall–Kier alpha value is -1.92. The molecule has 3 fully saturated rings. The molecule has 3 heterocycles. The molecule has 0 saturated carbocycles. The third-order valence-corrected chi connectivity index (χ3v) is 7.65. The molecule has 4 rings (SSSR count). The number of piperidine rings is 2.